The predicted molar refractivity (Wildman–Crippen MR) is 74.9 cm³/mol. The van der Waals surface area contributed by atoms with Crippen LogP contribution in [0.25, 0.3) is 11.0 Å². The number of para-hydroxylation sites is 1. The summed E-state index contributed by atoms with van der Waals surface area (Å²) in [4.78, 5) is 19.5. The molecule has 0 spiro atoms. The molecule has 4 nitrogen and oxygen atoms in total. The highest BCUT2D eigenvalue weighted by Crippen LogP contribution is 2.44. The van der Waals surface area contributed by atoms with Gasteiger partial charge in [0.2, 0.25) is 0 Å². The van der Waals surface area contributed by atoms with E-state index < -0.39 is 0 Å². The number of hydrogen-bond donors (Lipinski definition) is 2. The summed E-state index contributed by atoms with van der Waals surface area (Å²) >= 11 is 0. The number of hydrogen-bond acceptors (Lipinski definition) is 2. The van der Waals surface area contributed by atoms with Gasteiger partial charge in [0.25, 0.3) is 5.91 Å². The minimum Gasteiger partial charge on any atom is -0.351 e. The zero-order valence-electron chi connectivity index (χ0n) is 11.4. The molecule has 1 aromatic carbocycles. The van der Waals surface area contributed by atoms with Crippen molar-refractivity contribution in [3.63, 3.8) is 0 Å². The van der Waals surface area contributed by atoms with E-state index in [1.165, 1.54) is 12.8 Å². The number of imidazole rings is 1. The van der Waals surface area contributed by atoms with Gasteiger partial charge in [-0.25, -0.2) is 4.98 Å². The maximum absolute atomic E-state index is 12.3. The molecule has 0 saturated heterocycles. The number of aromatic amines is 1. The molecular formula is C15H19N3O. The summed E-state index contributed by atoms with van der Waals surface area (Å²) in [5, 5.41) is 3.05. The summed E-state index contributed by atoms with van der Waals surface area (Å²) in [7, 11) is 0. The predicted octanol–water partition coefficient (Wildman–Crippen LogP) is 2.73. The van der Waals surface area contributed by atoms with Crippen LogP contribution in [0.15, 0.2) is 24.5 Å². The first-order valence-electron chi connectivity index (χ1n) is 6.78. The van der Waals surface area contributed by atoms with Gasteiger partial charge in [0.15, 0.2) is 0 Å². The molecule has 2 N–H and O–H groups in total. The summed E-state index contributed by atoms with van der Waals surface area (Å²) in [5.41, 5.74) is 2.47. The number of nitrogens with one attached hydrogen (secondary N) is 2. The number of benzene rings is 1. The Kier molecular flexibility index (Phi) is 2.81. The zero-order valence-corrected chi connectivity index (χ0v) is 11.4. The SMILES string of the molecule is CC(C)(CNC(=O)c1cccc2[nH]cnc12)C1CC1. The van der Waals surface area contributed by atoms with Gasteiger partial charge < -0.3 is 10.3 Å². The van der Waals surface area contributed by atoms with E-state index in [2.05, 4.69) is 29.1 Å². The number of amides is 1. The Balaban J connectivity index is 1.75. The van der Waals surface area contributed by atoms with Crippen molar-refractivity contribution in [2.24, 2.45) is 11.3 Å². The third-order valence-corrected chi connectivity index (χ3v) is 4.08. The quantitative estimate of drug-likeness (QED) is 0.884. The summed E-state index contributed by atoms with van der Waals surface area (Å²) < 4.78 is 0. The molecule has 2 aromatic rings. The van der Waals surface area contributed by atoms with Gasteiger partial charge in [-0.05, 0) is 36.3 Å². The summed E-state index contributed by atoms with van der Waals surface area (Å²) in [6.45, 7) is 5.16. The van der Waals surface area contributed by atoms with Gasteiger partial charge in [-0.2, -0.15) is 0 Å². The van der Waals surface area contributed by atoms with E-state index in [1.54, 1.807) is 6.33 Å². The summed E-state index contributed by atoms with van der Waals surface area (Å²) in [5.74, 6) is 0.723. The standard InChI is InChI=1S/C15H19N3O/c1-15(2,10-6-7-10)8-16-14(19)11-4-3-5-12-13(11)18-9-17-12/h3-5,9-10H,6-8H2,1-2H3,(H,16,19)(H,17,18). The number of carbonyl (C=O) groups is 1. The van der Waals surface area contributed by atoms with Crippen LogP contribution in [-0.4, -0.2) is 22.4 Å². The number of rotatable bonds is 4. The average Bonchev–Trinajstić information content (AvgIpc) is 3.15. The Morgan fingerprint density at radius 3 is 3.00 bits per heavy atom. The molecule has 1 aliphatic rings. The molecule has 0 bridgehead atoms. The molecule has 1 heterocycles. The van der Waals surface area contributed by atoms with Crippen LogP contribution in [0, 0.1) is 11.3 Å². The molecule has 19 heavy (non-hydrogen) atoms. The molecule has 1 fully saturated rings. The van der Waals surface area contributed by atoms with E-state index in [1.807, 2.05) is 18.2 Å². The van der Waals surface area contributed by atoms with E-state index in [0.29, 0.717) is 5.56 Å². The van der Waals surface area contributed by atoms with Crippen molar-refractivity contribution >= 4 is 16.9 Å². The topological polar surface area (TPSA) is 57.8 Å². The first kappa shape index (κ1) is 12.2. The smallest absolute Gasteiger partial charge is 0.253 e. The molecule has 0 radical (unpaired) electrons. The highest BCUT2D eigenvalue weighted by atomic mass is 16.1. The Hall–Kier alpha value is -1.84. The molecular weight excluding hydrogens is 238 g/mol. The Bertz CT molecular complexity index is 611. The molecule has 1 saturated carbocycles. The van der Waals surface area contributed by atoms with E-state index in [-0.39, 0.29) is 11.3 Å². The zero-order chi connectivity index (χ0) is 13.5. The van der Waals surface area contributed by atoms with Crippen molar-refractivity contribution < 1.29 is 4.79 Å². The fraction of sp³-hybridized carbons (Fsp3) is 0.467. The van der Waals surface area contributed by atoms with E-state index in [4.69, 9.17) is 0 Å². The molecule has 0 atom stereocenters. The van der Waals surface area contributed by atoms with Crippen molar-refractivity contribution in [3.8, 4) is 0 Å². The van der Waals surface area contributed by atoms with Gasteiger partial charge in [0.05, 0.1) is 17.4 Å². The lowest BCUT2D eigenvalue weighted by atomic mass is 9.87. The van der Waals surface area contributed by atoms with Crippen molar-refractivity contribution in [2.75, 3.05) is 6.54 Å². The maximum Gasteiger partial charge on any atom is 0.253 e. The highest BCUT2D eigenvalue weighted by molar-refractivity contribution is 6.04. The van der Waals surface area contributed by atoms with Gasteiger partial charge in [-0.3, -0.25) is 4.79 Å². The fourth-order valence-electron chi connectivity index (χ4n) is 2.56. The third-order valence-electron chi connectivity index (χ3n) is 4.08. The van der Waals surface area contributed by atoms with E-state index >= 15 is 0 Å². The lowest BCUT2D eigenvalue weighted by Crippen LogP contribution is -2.35. The number of aromatic nitrogens is 2. The maximum atomic E-state index is 12.3. The Morgan fingerprint density at radius 2 is 2.26 bits per heavy atom. The van der Waals surface area contributed by atoms with Crippen LogP contribution in [0.3, 0.4) is 0 Å². The molecule has 0 unspecified atom stereocenters. The van der Waals surface area contributed by atoms with Gasteiger partial charge in [-0.15, -0.1) is 0 Å². The van der Waals surface area contributed by atoms with Crippen molar-refractivity contribution in [1.29, 1.82) is 0 Å². The number of fused-ring (bicyclic) bond motifs is 1. The number of H-pyrrole nitrogens is 1. The molecule has 3 rings (SSSR count). The van der Waals surface area contributed by atoms with Crippen LogP contribution < -0.4 is 5.32 Å². The first-order chi connectivity index (χ1) is 9.08. The van der Waals surface area contributed by atoms with Crippen LogP contribution in [0.4, 0.5) is 0 Å². The second-order valence-electron chi connectivity index (χ2n) is 6.05. The van der Waals surface area contributed by atoms with Crippen LogP contribution in [-0.2, 0) is 0 Å². The van der Waals surface area contributed by atoms with Crippen LogP contribution >= 0.6 is 0 Å². The van der Waals surface area contributed by atoms with Gasteiger partial charge in [0, 0.05) is 6.54 Å². The van der Waals surface area contributed by atoms with Crippen LogP contribution in [0.2, 0.25) is 0 Å². The van der Waals surface area contributed by atoms with Gasteiger partial charge in [0.1, 0.15) is 5.52 Å². The molecule has 0 aliphatic heterocycles. The molecule has 1 aliphatic carbocycles. The first-order valence-corrected chi connectivity index (χ1v) is 6.78. The second-order valence-corrected chi connectivity index (χ2v) is 6.05. The third kappa shape index (κ3) is 2.35. The van der Waals surface area contributed by atoms with Gasteiger partial charge in [-0.1, -0.05) is 19.9 Å². The molecule has 100 valence electrons. The monoisotopic (exact) mass is 257 g/mol. The van der Waals surface area contributed by atoms with E-state index in [9.17, 15) is 4.79 Å². The lowest BCUT2D eigenvalue weighted by Gasteiger charge is -2.24. The van der Waals surface area contributed by atoms with Crippen LogP contribution in [0.5, 0.6) is 0 Å². The fourth-order valence-corrected chi connectivity index (χ4v) is 2.56. The van der Waals surface area contributed by atoms with Crippen molar-refractivity contribution in [2.45, 2.75) is 26.7 Å². The van der Waals surface area contributed by atoms with E-state index in [0.717, 1.165) is 23.5 Å². The molecule has 1 amide bonds. The lowest BCUT2D eigenvalue weighted by molar-refractivity contribution is 0.0933. The Labute approximate surface area is 112 Å². The summed E-state index contributed by atoms with van der Waals surface area (Å²) in [6, 6.07) is 5.62. The second kappa shape index (κ2) is 4.37. The van der Waals surface area contributed by atoms with Crippen molar-refractivity contribution in [1.82, 2.24) is 15.3 Å². The summed E-state index contributed by atoms with van der Waals surface area (Å²) in [6.07, 6.45) is 4.20. The number of nitrogens with zero attached hydrogens (tertiary/aromatic N) is 1. The highest BCUT2D eigenvalue weighted by Gasteiger charge is 2.37. The van der Waals surface area contributed by atoms with Gasteiger partial charge >= 0.3 is 0 Å². The molecule has 1 aromatic heterocycles. The largest absolute Gasteiger partial charge is 0.351 e. The minimum atomic E-state index is -0.0357. The van der Waals surface area contributed by atoms with Crippen LogP contribution in [0.1, 0.15) is 37.0 Å². The molecule has 4 heteroatoms. The van der Waals surface area contributed by atoms with Crippen molar-refractivity contribution in [3.05, 3.63) is 30.1 Å². The average molecular weight is 257 g/mol. The number of carbonyl (C=O) groups excluding carboxylic acids is 1. The Morgan fingerprint density at radius 1 is 1.47 bits per heavy atom. The normalized spacial score (nSPS) is 15.7. The minimum absolute atomic E-state index is 0.0357.